The van der Waals surface area contributed by atoms with Gasteiger partial charge in [-0.15, -0.1) is 0 Å². The van der Waals surface area contributed by atoms with Crippen molar-refractivity contribution in [1.29, 1.82) is 0 Å². The number of nitrogens with one attached hydrogen (secondary N) is 1. The van der Waals surface area contributed by atoms with Crippen molar-refractivity contribution in [3.63, 3.8) is 0 Å². The van der Waals surface area contributed by atoms with Gasteiger partial charge in [0.2, 0.25) is 0 Å². The molecule has 4 rings (SSSR count). The summed E-state index contributed by atoms with van der Waals surface area (Å²) in [7, 11) is 3.53. The summed E-state index contributed by atoms with van der Waals surface area (Å²) in [6.45, 7) is 0.557. The van der Waals surface area contributed by atoms with Gasteiger partial charge in [-0.25, -0.2) is 9.28 Å². The molecule has 1 saturated carbocycles. The molecule has 3 amide bonds. The van der Waals surface area contributed by atoms with Crippen molar-refractivity contribution in [1.82, 2.24) is 5.32 Å². The number of rotatable bonds is 8. The van der Waals surface area contributed by atoms with Crippen molar-refractivity contribution in [2.24, 2.45) is 10.3 Å². The van der Waals surface area contributed by atoms with Gasteiger partial charge in [-0.2, -0.15) is 0 Å². The fraction of sp³-hybridized carbons (Fsp3) is 0.333. The molecule has 2 atom stereocenters. The molecule has 1 aliphatic carbocycles. The molecule has 6 nitrogen and oxygen atoms in total. The van der Waals surface area contributed by atoms with Crippen LogP contribution >= 0.6 is 0 Å². The van der Waals surface area contributed by atoms with Gasteiger partial charge in [0, 0.05) is 18.4 Å². The Morgan fingerprint density at radius 1 is 0.946 bits per heavy atom. The van der Waals surface area contributed by atoms with Crippen molar-refractivity contribution in [2.45, 2.75) is 44.3 Å². The maximum Gasteiger partial charge on any atom is 0.454 e. The van der Waals surface area contributed by atoms with Crippen LogP contribution in [-0.4, -0.2) is 36.6 Å². The molecule has 2 unspecified atom stereocenters. The van der Waals surface area contributed by atoms with Crippen LogP contribution in [0.15, 0.2) is 89.3 Å². The van der Waals surface area contributed by atoms with Crippen LogP contribution in [0.4, 0.5) is 4.79 Å². The van der Waals surface area contributed by atoms with Crippen molar-refractivity contribution < 1.29 is 18.8 Å². The van der Waals surface area contributed by atoms with Crippen LogP contribution < -0.4 is 10.1 Å². The average molecular weight is 517 g/mol. The van der Waals surface area contributed by atoms with E-state index in [0.29, 0.717) is 17.9 Å². The third-order valence-electron chi connectivity index (χ3n) is 7.68. The SMILES string of the molecule is COc1ccccc1C(=O)NC(c1ccccc1)[C@H]1CC[C@H]([N+](C)(Cc2ccccc2)C(=O)N=S)CC1. The lowest BCUT2D eigenvalue weighted by Crippen LogP contribution is -2.55. The zero-order valence-electron chi connectivity index (χ0n) is 21.4. The molecule has 3 aromatic rings. The van der Waals surface area contributed by atoms with E-state index < -0.39 is 0 Å². The number of hydrogen-bond acceptors (Lipinski definition) is 4. The van der Waals surface area contributed by atoms with E-state index in [1.165, 1.54) is 0 Å². The molecule has 0 spiro atoms. The lowest BCUT2D eigenvalue weighted by atomic mass is 9.78. The number of amides is 3. The quantitative estimate of drug-likeness (QED) is 0.361. The van der Waals surface area contributed by atoms with Gasteiger partial charge in [0.05, 0.1) is 44.2 Å². The minimum absolute atomic E-state index is 0.108. The number of hydrogen-bond donors (Lipinski definition) is 1. The lowest BCUT2D eigenvalue weighted by Gasteiger charge is -2.42. The van der Waals surface area contributed by atoms with Crippen LogP contribution in [0.25, 0.3) is 0 Å². The number of carbonyl (C=O) groups is 2. The van der Waals surface area contributed by atoms with Crippen LogP contribution in [0.5, 0.6) is 5.75 Å². The Kier molecular flexibility index (Phi) is 8.79. The van der Waals surface area contributed by atoms with Crippen LogP contribution in [0.1, 0.15) is 53.2 Å². The smallest absolute Gasteiger partial charge is 0.454 e. The zero-order valence-corrected chi connectivity index (χ0v) is 22.2. The Hall–Kier alpha value is -3.42. The molecule has 0 aromatic heterocycles. The van der Waals surface area contributed by atoms with E-state index in [-0.39, 0.29) is 34.4 Å². The van der Waals surface area contributed by atoms with Crippen molar-refractivity contribution in [2.75, 3.05) is 14.2 Å². The number of nitrogens with zero attached hydrogens (tertiary/aromatic N) is 2. The minimum atomic E-state index is -0.272. The van der Waals surface area contributed by atoms with Gasteiger partial charge in [-0.1, -0.05) is 77.2 Å². The molecule has 37 heavy (non-hydrogen) atoms. The van der Waals surface area contributed by atoms with Crippen LogP contribution in [0.2, 0.25) is 0 Å². The van der Waals surface area contributed by atoms with Gasteiger partial charge in [-0.3, -0.25) is 4.79 Å². The molecule has 7 heteroatoms. The summed E-state index contributed by atoms with van der Waals surface area (Å²) >= 11 is 4.85. The summed E-state index contributed by atoms with van der Waals surface area (Å²) in [5.74, 6) is 0.631. The molecule has 0 heterocycles. The summed E-state index contributed by atoms with van der Waals surface area (Å²) in [4.78, 5) is 26.3. The predicted molar refractivity (Wildman–Crippen MR) is 147 cm³/mol. The van der Waals surface area contributed by atoms with E-state index in [0.717, 1.165) is 36.8 Å². The summed E-state index contributed by atoms with van der Waals surface area (Å²) in [5, 5.41) is 3.30. The van der Waals surface area contributed by atoms with Gasteiger partial charge in [0.1, 0.15) is 12.3 Å². The normalized spacial score (nSPS) is 19.7. The molecule has 1 N–H and O–H groups in total. The standard InChI is InChI=1S/C30H33N3O3S/c1-33(30(35)32-37,21-22-11-5-3-6-12-22)25-19-17-24(18-20-25)28(23-13-7-4-8-14-23)31-29(34)26-15-9-10-16-27(26)36-2/h3-16,24-25,28H,17-21H2,1-2H3/p+1/t24-,25-,28?,33?. The topological polar surface area (TPSA) is 67.8 Å². The Morgan fingerprint density at radius 2 is 1.54 bits per heavy atom. The minimum Gasteiger partial charge on any atom is -0.496 e. The third-order valence-corrected chi connectivity index (χ3v) is 7.84. The molecular weight excluding hydrogens is 482 g/mol. The van der Waals surface area contributed by atoms with E-state index in [1.54, 1.807) is 19.2 Å². The molecule has 0 aliphatic heterocycles. The molecule has 0 bridgehead atoms. The van der Waals surface area contributed by atoms with Crippen LogP contribution in [0.3, 0.4) is 0 Å². The first-order chi connectivity index (χ1) is 18.0. The number of ether oxygens (including phenoxy) is 1. The summed E-state index contributed by atoms with van der Waals surface area (Å²) in [6.07, 6.45) is 3.45. The number of benzene rings is 3. The first-order valence-electron chi connectivity index (χ1n) is 12.7. The molecule has 192 valence electrons. The second kappa shape index (κ2) is 12.2. The van der Waals surface area contributed by atoms with Crippen LogP contribution in [0, 0.1) is 5.92 Å². The highest BCUT2D eigenvalue weighted by molar-refractivity contribution is 7.47. The second-order valence-electron chi connectivity index (χ2n) is 9.92. The number of urea groups is 1. The lowest BCUT2D eigenvalue weighted by molar-refractivity contribution is -0.870. The van der Waals surface area contributed by atoms with Crippen molar-refractivity contribution in [3.8, 4) is 5.75 Å². The van der Waals surface area contributed by atoms with Gasteiger partial charge in [0.25, 0.3) is 5.91 Å². The maximum atomic E-state index is 13.3. The Morgan fingerprint density at radius 3 is 2.16 bits per heavy atom. The molecule has 3 aromatic carbocycles. The second-order valence-corrected chi connectivity index (χ2v) is 10.1. The van der Waals surface area contributed by atoms with Gasteiger partial charge < -0.3 is 10.1 Å². The highest BCUT2D eigenvalue weighted by Crippen LogP contribution is 2.39. The molecule has 0 saturated heterocycles. The highest BCUT2D eigenvalue weighted by Gasteiger charge is 2.43. The highest BCUT2D eigenvalue weighted by atomic mass is 32.1. The van der Waals surface area contributed by atoms with Crippen molar-refractivity contribution in [3.05, 3.63) is 102 Å². The third kappa shape index (κ3) is 6.12. The number of quaternary nitrogens is 1. The zero-order chi connectivity index (χ0) is 26.3. The van der Waals surface area contributed by atoms with Gasteiger partial charge >= 0.3 is 6.03 Å². The number of carbonyl (C=O) groups excluding carboxylic acids is 2. The van der Waals surface area contributed by atoms with E-state index in [2.05, 4.69) is 21.8 Å². The summed E-state index contributed by atoms with van der Waals surface area (Å²) < 4.78 is 9.26. The molecule has 1 aliphatic rings. The fourth-order valence-electron chi connectivity index (χ4n) is 5.60. The van der Waals surface area contributed by atoms with E-state index in [4.69, 9.17) is 17.2 Å². The largest absolute Gasteiger partial charge is 0.496 e. The van der Waals surface area contributed by atoms with E-state index in [9.17, 15) is 9.59 Å². The number of para-hydroxylation sites is 1. The first kappa shape index (κ1) is 26.6. The average Bonchev–Trinajstić information content (AvgIpc) is 2.96. The molecule has 1 fully saturated rings. The van der Waals surface area contributed by atoms with Gasteiger partial charge in [-0.05, 0) is 36.5 Å². The van der Waals surface area contributed by atoms with E-state index in [1.807, 2.05) is 67.7 Å². The predicted octanol–water partition coefficient (Wildman–Crippen LogP) is 6.22. The van der Waals surface area contributed by atoms with Gasteiger partial charge in [0.15, 0.2) is 0 Å². The first-order valence-corrected chi connectivity index (χ1v) is 13.1. The molecule has 0 radical (unpaired) electrons. The Balaban J connectivity index is 1.53. The van der Waals surface area contributed by atoms with Crippen molar-refractivity contribution >= 4 is 24.4 Å². The van der Waals surface area contributed by atoms with Crippen LogP contribution in [-0.2, 0) is 19.0 Å². The Labute approximate surface area is 224 Å². The summed E-state index contributed by atoms with van der Waals surface area (Å²) in [6, 6.07) is 27.1. The maximum absolute atomic E-state index is 13.3. The Bertz CT molecular complexity index is 1210. The summed E-state index contributed by atoms with van der Waals surface area (Å²) in [5.41, 5.74) is 2.68. The number of methoxy groups -OCH3 is 1. The fourth-order valence-corrected chi connectivity index (χ4v) is 5.79. The monoisotopic (exact) mass is 516 g/mol. The molecular formula is C30H34N3O3S+. The van der Waals surface area contributed by atoms with E-state index >= 15 is 0 Å².